The molecule has 2 aliphatic rings. The van der Waals surface area contributed by atoms with Gasteiger partial charge in [-0.05, 0) is 5.56 Å². The summed E-state index contributed by atoms with van der Waals surface area (Å²) < 4.78 is 64.3. The highest BCUT2D eigenvalue weighted by Crippen LogP contribution is 2.32. The number of hydrogen-bond donors (Lipinski definition) is 8. The summed E-state index contributed by atoms with van der Waals surface area (Å²) in [5.41, 5.74) is 0.735. The number of aliphatic hydroxyl groups excluding tert-OH is 4. The highest BCUT2D eigenvalue weighted by Gasteiger charge is 2.54. The van der Waals surface area contributed by atoms with E-state index in [1.54, 1.807) is 30.3 Å². The number of aliphatic carboxylic acids is 1. The molecule has 1 aromatic carbocycles. The van der Waals surface area contributed by atoms with Gasteiger partial charge >= 0.3 is 22.5 Å². The molecule has 8 N–H and O–H groups in total. The maximum Gasteiger partial charge on any atom is 0.407 e. The number of carboxylic acids is 1. The van der Waals surface area contributed by atoms with Gasteiger partial charge in [0.15, 0.2) is 18.7 Å². The fourth-order valence-corrected chi connectivity index (χ4v) is 4.94. The summed E-state index contributed by atoms with van der Waals surface area (Å²) >= 11 is 0. The van der Waals surface area contributed by atoms with E-state index in [-0.39, 0.29) is 19.8 Å². The Bertz CT molecular complexity index is 1220. The van der Waals surface area contributed by atoms with Crippen molar-refractivity contribution in [3.63, 3.8) is 0 Å². The number of benzene rings is 1. The van der Waals surface area contributed by atoms with E-state index in [9.17, 15) is 52.9 Å². The van der Waals surface area contributed by atoms with E-state index in [1.165, 1.54) is 0 Å². The zero-order valence-electron chi connectivity index (χ0n) is 23.1. The zero-order valence-corrected chi connectivity index (χ0v) is 23.9. The number of carbonyl (C=O) groups is 3. The van der Waals surface area contributed by atoms with Crippen LogP contribution in [-0.2, 0) is 54.5 Å². The summed E-state index contributed by atoms with van der Waals surface area (Å²) in [5, 5.41) is 54.6. The first-order valence-electron chi connectivity index (χ1n) is 13.0. The highest BCUT2D eigenvalue weighted by molar-refractivity contribution is 7.80. The number of hydrogen-bond acceptors (Lipinski definition) is 15. The fourth-order valence-electron chi connectivity index (χ4n) is 4.42. The van der Waals surface area contributed by atoms with Gasteiger partial charge in [0.05, 0.1) is 13.2 Å². The molecule has 20 heteroatoms. The average Bonchev–Trinajstić information content (AvgIpc) is 2.96. The Balaban J connectivity index is 1.78. The van der Waals surface area contributed by atoms with Crippen LogP contribution in [0.4, 0.5) is 4.79 Å². The molecular weight excluding hydrogens is 620 g/mol. The zero-order chi connectivity index (χ0) is 32.6. The first kappa shape index (κ1) is 35.5. The molecule has 10 atom stereocenters. The molecule has 2 amide bonds. The molecule has 0 unspecified atom stereocenters. The lowest BCUT2D eigenvalue weighted by Gasteiger charge is -2.47. The number of rotatable bonds is 13. The number of carboxylic acid groups (broad SMARTS) is 1. The smallest absolute Gasteiger partial charge is 0.407 e. The Hall–Kier alpha value is -3.02. The average molecular weight is 655 g/mol. The quantitative estimate of drug-likeness (QED) is 0.0760. The van der Waals surface area contributed by atoms with Crippen LogP contribution in [0.15, 0.2) is 30.3 Å². The van der Waals surface area contributed by atoms with Crippen molar-refractivity contribution in [1.82, 2.24) is 10.6 Å². The number of nitrogens with one attached hydrogen (secondary N) is 2. The molecular formula is C24H34N2O17S. The van der Waals surface area contributed by atoms with Crippen molar-refractivity contribution in [2.45, 2.75) is 74.9 Å². The third-order valence-corrected chi connectivity index (χ3v) is 6.86. The molecule has 0 aromatic heterocycles. The van der Waals surface area contributed by atoms with Gasteiger partial charge in [0.2, 0.25) is 5.91 Å². The summed E-state index contributed by atoms with van der Waals surface area (Å²) in [6.45, 7) is -0.439. The summed E-state index contributed by atoms with van der Waals surface area (Å²) in [6, 6.07) is 7.24. The molecule has 0 spiro atoms. The van der Waals surface area contributed by atoms with Crippen LogP contribution < -0.4 is 10.6 Å². The van der Waals surface area contributed by atoms with Crippen molar-refractivity contribution < 1.29 is 80.8 Å². The molecule has 2 heterocycles. The van der Waals surface area contributed by atoms with E-state index in [0.29, 0.717) is 0 Å². The van der Waals surface area contributed by atoms with E-state index >= 15 is 0 Å². The van der Waals surface area contributed by atoms with Gasteiger partial charge in [-0.25, -0.2) is 13.8 Å². The van der Waals surface area contributed by atoms with Gasteiger partial charge in [-0.2, -0.15) is 8.42 Å². The Morgan fingerprint density at radius 2 is 1.66 bits per heavy atom. The first-order valence-corrected chi connectivity index (χ1v) is 14.4. The maximum atomic E-state index is 12.1. The third-order valence-electron chi connectivity index (χ3n) is 6.40. The largest absolute Gasteiger partial charge is 0.479 e. The maximum absolute atomic E-state index is 12.1. The highest BCUT2D eigenvalue weighted by atomic mass is 32.3. The minimum Gasteiger partial charge on any atom is -0.479 e. The third kappa shape index (κ3) is 9.74. The van der Waals surface area contributed by atoms with Gasteiger partial charge in [-0.3, -0.25) is 9.35 Å². The van der Waals surface area contributed by atoms with Crippen molar-refractivity contribution in [2.24, 2.45) is 0 Å². The molecule has 0 aliphatic carbocycles. The first-order chi connectivity index (χ1) is 20.7. The van der Waals surface area contributed by atoms with E-state index in [0.717, 1.165) is 12.5 Å². The van der Waals surface area contributed by atoms with E-state index < -0.39 is 96.3 Å². The van der Waals surface area contributed by atoms with E-state index in [2.05, 4.69) is 14.8 Å². The Morgan fingerprint density at radius 1 is 0.977 bits per heavy atom. The minimum absolute atomic E-state index is 0.0141. The predicted octanol–water partition coefficient (Wildman–Crippen LogP) is -3.38. The lowest BCUT2D eigenvalue weighted by molar-refractivity contribution is -0.337. The Labute approximate surface area is 250 Å². The Kier molecular flexibility index (Phi) is 12.7. The van der Waals surface area contributed by atoms with Crippen LogP contribution in [0.25, 0.3) is 0 Å². The monoisotopic (exact) mass is 654 g/mol. The van der Waals surface area contributed by atoms with Gasteiger partial charge in [0.25, 0.3) is 0 Å². The predicted molar refractivity (Wildman–Crippen MR) is 140 cm³/mol. The Morgan fingerprint density at radius 3 is 2.25 bits per heavy atom. The molecule has 0 saturated carbocycles. The van der Waals surface area contributed by atoms with Crippen LogP contribution in [0, 0.1) is 0 Å². The van der Waals surface area contributed by atoms with Crippen molar-refractivity contribution in [2.75, 3.05) is 19.8 Å². The van der Waals surface area contributed by atoms with Gasteiger partial charge in [0.1, 0.15) is 49.3 Å². The van der Waals surface area contributed by atoms with Crippen LogP contribution >= 0.6 is 0 Å². The number of amides is 2. The van der Waals surface area contributed by atoms with Gasteiger partial charge in [-0.1, -0.05) is 30.3 Å². The van der Waals surface area contributed by atoms with Crippen molar-refractivity contribution in [1.29, 1.82) is 0 Å². The van der Waals surface area contributed by atoms with Crippen molar-refractivity contribution >= 4 is 28.4 Å². The standard InChI is InChI=1S/C24H34N2O17S/c1-11(28)26-14-19(41-23-17(31)15(29)16(30)20(42-23)21(32)33)18(43-44(35,36)37)13(9-27)40-22(14)38-8-7-25-24(34)39-10-12-5-3-2-4-6-12/h2-6,13-20,22-23,27,29-31H,7-10H2,1H3,(H,25,34)(H,26,28)(H,32,33)(H,35,36,37)/t13-,14-,15+,16+,17-,18+,19-,20+,22-,23-/m1/s1. The normalized spacial score (nSPS) is 32.4. The molecule has 3 rings (SSSR count). The molecule has 2 fully saturated rings. The number of carbonyl (C=O) groups excluding carboxylic acids is 2. The van der Waals surface area contributed by atoms with E-state index in [1.807, 2.05) is 0 Å². The van der Waals surface area contributed by atoms with Crippen molar-refractivity contribution in [3.05, 3.63) is 35.9 Å². The molecule has 1 aromatic rings. The summed E-state index contributed by atoms with van der Waals surface area (Å²) in [5.74, 6) is -2.52. The van der Waals surface area contributed by atoms with Crippen LogP contribution in [0.5, 0.6) is 0 Å². The van der Waals surface area contributed by atoms with Crippen LogP contribution in [0.1, 0.15) is 12.5 Å². The summed E-state index contributed by atoms with van der Waals surface area (Å²) in [6.07, 6.45) is -18.4. The second-order valence-electron chi connectivity index (χ2n) is 9.64. The second kappa shape index (κ2) is 15.8. The van der Waals surface area contributed by atoms with Gasteiger partial charge < -0.3 is 59.9 Å². The molecule has 248 valence electrons. The molecule has 19 nitrogen and oxygen atoms in total. The molecule has 2 aliphatic heterocycles. The number of ether oxygens (including phenoxy) is 5. The van der Waals surface area contributed by atoms with Gasteiger partial charge in [-0.15, -0.1) is 0 Å². The molecule has 2 saturated heterocycles. The topological polar surface area (TPSA) is 286 Å². The summed E-state index contributed by atoms with van der Waals surface area (Å²) in [7, 11) is -5.30. The molecule has 0 bridgehead atoms. The van der Waals surface area contributed by atoms with Crippen LogP contribution in [-0.4, -0.2) is 138 Å². The summed E-state index contributed by atoms with van der Waals surface area (Å²) in [4.78, 5) is 35.7. The van der Waals surface area contributed by atoms with Gasteiger partial charge in [0, 0.05) is 13.5 Å². The molecule has 0 radical (unpaired) electrons. The van der Waals surface area contributed by atoms with Crippen molar-refractivity contribution in [3.8, 4) is 0 Å². The van der Waals surface area contributed by atoms with Crippen LogP contribution in [0.3, 0.4) is 0 Å². The lowest BCUT2D eigenvalue weighted by Crippen LogP contribution is -2.69. The SMILES string of the molecule is CC(=O)N[C@H]1[C@H](OCCNC(=O)OCc2ccccc2)O[C@H](CO)[C@H](OS(=O)(=O)O)[C@@H]1O[C@@H]1O[C@H](C(=O)O)[C@@H](O)[C@H](O)[C@H]1O. The van der Waals surface area contributed by atoms with E-state index in [4.69, 9.17) is 23.7 Å². The fraction of sp³-hybridized carbons (Fsp3) is 0.625. The minimum atomic E-state index is -5.30. The van der Waals surface area contributed by atoms with Crippen LogP contribution in [0.2, 0.25) is 0 Å². The number of alkyl carbamates (subject to hydrolysis) is 1. The number of aliphatic hydroxyl groups is 4. The lowest BCUT2D eigenvalue weighted by atomic mass is 9.95. The molecule has 44 heavy (non-hydrogen) atoms. The second-order valence-corrected chi connectivity index (χ2v) is 10.7.